The van der Waals surface area contributed by atoms with E-state index in [1.807, 2.05) is 36.1 Å². The van der Waals surface area contributed by atoms with Crippen LogP contribution in [0.2, 0.25) is 0 Å². The maximum atomic E-state index is 12.8. The number of ether oxygens (including phenoxy) is 1. The van der Waals surface area contributed by atoms with Gasteiger partial charge in [-0.05, 0) is 61.7 Å². The average Bonchev–Trinajstić information content (AvgIpc) is 2.88. The molecule has 2 aromatic carbocycles. The highest BCUT2D eigenvalue weighted by Gasteiger charge is 2.26. The molecule has 1 amide bonds. The van der Waals surface area contributed by atoms with Gasteiger partial charge in [0.15, 0.2) is 10.8 Å². The van der Waals surface area contributed by atoms with Gasteiger partial charge in [0.05, 0.1) is 12.0 Å². The minimum Gasteiger partial charge on any atom is -0.497 e. The molecule has 0 spiro atoms. The first-order valence-electron chi connectivity index (χ1n) is 11.2. The van der Waals surface area contributed by atoms with Gasteiger partial charge in [-0.25, -0.2) is 8.42 Å². The predicted octanol–water partition coefficient (Wildman–Crippen LogP) is 3.16. The average molecular weight is 481 g/mol. The first-order valence-corrected chi connectivity index (χ1v) is 12.7. The van der Waals surface area contributed by atoms with Gasteiger partial charge in [-0.2, -0.15) is 0 Å². The summed E-state index contributed by atoms with van der Waals surface area (Å²) in [5.74, 6) is 1.37. The number of nitrogens with zero attached hydrogens (tertiary/aromatic N) is 3. The topological polar surface area (TPSA) is 101 Å². The lowest BCUT2D eigenvalue weighted by Crippen LogP contribution is -2.40. The maximum absolute atomic E-state index is 12.8. The van der Waals surface area contributed by atoms with Crippen molar-refractivity contribution in [3.63, 3.8) is 0 Å². The number of nitrogens with one attached hydrogen (secondary N) is 1. The van der Waals surface area contributed by atoms with E-state index in [2.05, 4.69) is 15.5 Å². The number of piperidine rings is 1. The third-order valence-electron chi connectivity index (χ3n) is 6.05. The first kappa shape index (κ1) is 23.7. The third kappa shape index (κ3) is 5.36. The Morgan fingerprint density at radius 3 is 2.26 bits per heavy atom. The van der Waals surface area contributed by atoms with Crippen LogP contribution in [0.4, 0.5) is 5.82 Å². The van der Waals surface area contributed by atoms with E-state index in [4.69, 9.17) is 4.74 Å². The number of aryl methyl sites for hydroxylation is 1. The van der Waals surface area contributed by atoms with E-state index < -0.39 is 9.84 Å². The second-order valence-electron chi connectivity index (χ2n) is 8.37. The van der Waals surface area contributed by atoms with Crippen LogP contribution >= 0.6 is 0 Å². The second kappa shape index (κ2) is 10.2. The maximum Gasteiger partial charge on any atom is 0.225 e. The van der Waals surface area contributed by atoms with Crippen LogP contribution in [-0.4, -0.2) is 44.7 Å². The summed E-state index contributed by atoms with van der Waals surface area (Å²) in [5.41, 5.74) is 2.00. The Labute approximate surface area is 199 Å². The van der Waals surface area contributed by atoms with Crippen molar-refractivity contribution in [2.75, 3.05) is 25.1 Å². The van der Waals surface area contributed by atoms with E-state index in [1.165, 1.54) is 6.07 Å². The van der Waals surface area contributed by atoms with Gasteiger partial charge in [0.1, 0.15) is 5.75 Å². The summed E-state index contributed by atoms with van der Waals surface area (Å²) >= 11 is 0. The molecule has 0 aliphatic carbocycles. The van der Waals surface area contributed by atoms with Gasteiger partial charge >= 0.3 is 0 Å². The molecule has 0 radical (unpaired) electrons. The van der Waals surface area contributed by atoms with Crippen LogP contribution in [0.1, 0.15) is 24.0 Å². The molecule has 178 valence electrons. The molecule has 1 saturated heterocycles. The summed E-state index contributed by atoms with van der Waals surface area (Å²) in [7, 11) is -2.09. The van der Waals surface area contributed by atoms with E-state index in [1.54, 1.807) is 37.4 Å². The molecular formula is C25H28N4O4S. The van der Waals surface area contributed by atoms with Gasteiger partial charge < -0.3 is 15.0 Å². The number of hydrogen-bond donors (Lipinski definition) is 1. The van der Waals surface area contributed by atoms with Crippen molar-refractivity contribution in [3.8, 4) is 5.75 Å². The van der Waals surface area contributed by atoms with Crippen molar-refractivity contribution in [2.45, 2.75) is 36.2 Å². The monoisotopic (exact) mass is 480 g/mol. The summed E-state index contributed by atoms with van der Waals surface area (Å²) in [6, 6.07) is 17.4. The normalized spacial score (nSPS) is 14.6. The number of aromatic nitrogens is 2. The molecule has 1 fully saturated rings. The zero-order valence-corrected chi connectivity index (χ0v) is 20.1. The Hall–Kier alpha value is -3.46. The highest BCUT2D eigenvalue weighted by Crippen LogP contribution is 2.24. The zero-order valence-electron chi connectivity index (χ0n) is 19.3. The van der Waals surface area contributed by atoms with Crippen molar-refractivity contribution in [2.24, 2.45) is 5.92 Å². The quantitative estimate of drug-likeness (QED) is 0.554. The Morgan fingerprint density at radius 1 is 1.00 bits per heavy atom. The van der Waals surface area contributed by atoms with E-state index >= 15 is 0 Å². The van der Waals surface area contributed by atoms with Crippen LogP contribution in [0.25, 0.3) is 0 Å². The van der Waals surface area contributed by atoms with E-state index in [-0.39, 0.29) is 21.7 Å². The third-order valence-corrected chi connectivity index (χ3v) is 7.71. The van der Waals surface area contributed by atoms with Crippen LogP contribution in [0, 0.1) is 12.8 Å². The van der Waals surface area contributed by atoms with Crippen LogP contribution in [0.5, 0.6) is 5.75 Å². The molecule has 0 unspecified atom stereocenters. The molecule has 34 heavy (non-hydrogen) atoms. The van der Waals surface area contributed by atoms with Crippen LogP contribution in [-0.2, 0) is 21.2 Å². The van der Waals surface area contributed by atoms with Crippen LogP contribution < -0.4 is 15.0 Å². The van der Waals surface area contributed by atoms with Crippen LogP contribution in [0.15, 0.2) is 70.6 Å². The second-order valence-corrected chi connectivity index (χ2v) is 10.3. The Bertz CT molecular complexity index is 1220. The molecular weight excluding hydrogens is 452 g/mol. The van der Waals surface area contributed by atoms with Crippen molar-refractivity contribution < 1.29 is 17.9 Å². The summed E-state index contributed by atoms with van der Waals surface area (Å²) in [6.45, 7) is 3.68. The minimum atomic E-state index is -3.71. The van der Waals surface area contributed by atoms with E-state index in [0.29, 0.717) is 38.3 Å². The Balaban J connectivity index is 1.31. The molecule has 4 rings (SSSR count). The highest BCUT2D eigenvalue weighted by atomic mass is 32.2. The van der Waals surface area contributed by atoms with Crippen molar-refractivity contribution in [1.82, 2.24) is 15.5 Å². The lowest BCUT2D eigenvalue weighted by molar-refractivity contribution is -0.125. The van der Waals surface area contributed by atoms with Crippen molar-refractivity contribution in [1.29, 1.82) is 0 Å². The van der Waals surface area contributed by atoms with E-state index in [0.717, 1.165) is 16.9 Å². The molecule has 1 aromatic heterocycles. The highest BCUT2D eigenvalue weighted by molar-refractivity contribution is 7.91. The largest absolute Gasteiger partial charge is 0.497 e. The number of methoxy groups -OCH3 is 1. The van der Waals surface area contributed by atoms with Crippen LogP contribution in [0.3, 0.4) is 0 Å². The number of carbonyl (C=O) groups is 1. The summed E-state index contributed by atoms with van der Waals surface area (Å²) < 4.78 is 30.7. The number of anilines is 1. The molecule has 0 bridgehead atoms. The fraction of sp³-hybridized carbons (Fsp3) is 0.320. The molecule has 2 heterocycles. The number of rotatable bonds is 7. The number of benzene rings is 2. The molecule has 0 atom stereocenters. The number of amides is 1. The molecule has 1 aliphatic rings. The first-order chi connectivity index (χ1) is 16.4. The molecule has 1 N–H and O–H groups in total. The number of hydrogen-bond acceptors (Lipinski definition) is 7. The molecule has 9 heteroatoms. The molecule has 1 aliphatic heterocycles. The molecule has 3 aromatic rings. The zero-order chi connectivity index (χ0) is 24.1. The Morgan fingerprint density at radius 2 is 1.68 bits per heavy atom. The van der Waals surface area contributed by atoms with Gasteiger partial charge in [0.25, 0.3) is 0 Å². The van der Waals surface area contributed by atoms with E-state index in [9.17, 15) is 13.2 Å². The fourth-order valence-electron chi connectivity index (χ4n) is 3.91. The van der Waals surface area contributed by atoms with Crippen molar-refractivity contribution >= 4 is 21.6 Å². The van der Waals surface area contributed by atoms with Gasteiger partial charge in [-0.1, -0.05) is 29.8 Å². The lowest BCUT2D eigenvalue weighted by atomic mass is 9.96. The summed E-state index contributed by atoms with van der Waals surface area (Å²) in [4.78, 5) is 14.8. The van der Waals surface area contributed by atoms with Gasteiger partial charge in [-0.3, -0.25) is 4.79 Å². The standard InChI is InChI=1S/C25H28N4O4S/c1-18-3-9-22(10-4-18)34(31,32)24-12-11-23(27-28-24)29-15-13-20(14-16-29)25(30)26-17-19-5-7-21(33-2)8-6-19/h3-12,20H,13-17H2,1-2H3,(H,26,30). The lowest BCUT2D eigenvalue weighted by Gasteiger charge is -2.31. The summed E-state index contributed by atoms with van der Waals surface area (Å²) in [6.07, 6.45) is 1.39. The SMILES string of the molecule is COc1ccc(CNC(=O)C2CCN(c3ccc(S(=O)(=O)c4ccc(C)cc4)nn3)CC2)cc1. The predicted molar refractivity (Wildman–Crippen MR) is 128 cm³/mol. The molecule has 8 nitrogen and oxygen atoms in total. The fourth-order valence-corrected chi connectivity index (χ4v) is 5.04. The number of sulfone groups is 1. The minimum absolute atomic E-state index is 0.0427. The summed E-state index contributed by atoms with van der Waals surface area (Å²) in [5, 5.41) is 11.1. The van der Waals surface area contributed by atoms with Gasteiger partial charge in [0.2, 0.25) is 15.7 Å². The number of carbonyl (C=O) groups excluding carboxylic acids is 1. The Kier molecular flexibility index (Phi) is 7.12. The smallest absolute Gasteiger partial charge is 0.225 e. The molecule has 0 saturated carbocycles. The van der Waals surface area contributed by atoms with Gasteiger partial charge in [-0.15, -0.1) is 10.2 Å². The van der Waals surface area contributed by atoms with Crippen molar-refractivity contribution in [3.05, 3.63) is 71.8 Å². The van der Waals surface area contributed by atoms with Gasteiger partial charge in [0, 0.05) is 25.6 Å².